The van der Waals surface area contributed by atoms with Gasteiger partial charge in [-0.2, -0.15) is 0 Å². The van der Waals surface area contributed by atoms with E-state index in [0.717, 1.165) is 42.6 Å². The normalized spacial score (nSPS) is 15.1. The molecule has 5 nitrogen and oxygen atoms in total. The van der Waals surface area contributed by atoms with Crippen LogP contribution in [0.5, 0.6) is 0 Å². The SMILES string of the molecule is O=S(=O)(NCCc1ccc(N2CCOCC2)cc1)c1cccc2ccccc12. The fourth-order valence-corrected chi connectivity index (χ4v) is 4.79. The Morgan fingerprint density at radius 3 is 2.39 bits per heavy atom. The van der Waals surface area contributed by atoms with Crippen molar-refractivity contribution in [3.05, 3.63) is 72.3 Å². The molecule has 0 atom stereocenters. The van der Waals surface area contributed by atoms with Gasteiger partial charge in [0, 0.05) is 30.7 Å². The van der Waals surface area contributed by atoms with Crippen LogP contribution in [0.25, 0.3) is 10.8 Å². The zero-order chi connectivity index (χ0) is 19.4. The monoisotopic (exact) mass is 396 g/mol. The van der Waals surface area contributed by atoms with E-state index in [9.17, 15) is 8.42 Å². The molecule has 1 heterocycles. The number of morpholine rings is 1. The Labute approximate surface area is 166 Å². The largest absolute Gasteiger partial charge is 0.378 e. The van der Waals surface area contributed by atoms with Gasteiger partial charge in [0.15, 0.2) is 0 Å². The Morgan fingerprint density at radius 1 is 0.893 bits per heavy atom. The van der Waals surface area contributed by atoms with E-state index in [4.69, 9.17) is 4.74 Å². The molecule has 1 aliphatic rings. The van der Waals surface area contributed by atoms with Gasteiger partial charge in [0.25, 0.3) is 0 Å². The van der Waals surface area contributed by atoms with Gasteiger partial charge < -0.3 is 9.64 Å². The first-order valence-electron chi connectivity index (χ1n) is 9.52. The third kappa shape index (κ3) is 4.19. The van der Waals surface area contributed by atoms with Crippen LogP contribution in [0, 0.1) is 0 Å². The third-order valence-electron chi connectivity index (χ3n) is 5.06. The average molecular weight is 397 g/mol. The maximum absolute atomic E-state index is 12.8. The Hall–Kier alpha value is -2.41. The fourth-order valence-electron chi connectivity index (χ4n) is 3.53. The second-order valence-corrected chi connectivity index (χ2v) is 8.63. The zero-order valence-electron chi connectivity index (χ0n) is 15.7. The molecule has 0 saturated carbocycles. The summed E-state index contributed by atoms with van der Waals surface area (Å²) in [6.07, 6.45) is 0.646. The lowest BCUT2D eigenvalue weighted by molar-refractivity contribution is 0.122. The fraction of sp³-hybridized carbons (Fsp3) is 0.273. The number of nitrogens with zero attached hydrogens (tertiary/aromatic N) is 1. The summed E-state index contributed by atoms with van der Waals surface area (Å²) in [6.45, 7) is 3.70. The molecule has 0 aliphatic carbocycles. The quantitative estimate of drug-likeness (QED) is 0.695. The van der Waals surface area contributed by atoms with Crippen molar-refractivity contribution in [1.29, 1.82) is 0 Å². The van der Waals surface area contributed by atoms with Crippen LogP contribution in [0.15, 0.2) is 71.6 Å². The lowest BCUT2D eigenvalue weighted by Crippen LogP contribution is -2.36. The topological polar surface area (TPSA) is 58.6 Å². The van der Waals surface area contributed by atoms with Crippen LogP contribution in [0.2, 0.25) is 0 Å². The van der Waals surface area contributed by atoms with Crippen molar-refractivity contribution < 1.29 is 13.2 Å². The highest BCUT2D eigenvalue weighted by molar-refractivity contribution is 7.89. The average Bonchev–Trinajstić information content (AvgIpc) is 2.74. The molecule has 0 spiro atoms. The smallest absolute Gasteiger partial charge is 0.241 e. The first kappa shape index (κ1) is 18.9. The summed E-state index contributed by atoms with van der Waals surface area (Å²) in [5.41, 5.74) is 2.29. The number of rotatable bonds is 6. The van der Waals surface area contributed by atoms with Crippen LogP contribution in [0.1, 0.15) is 5.56 Å². The Kier molecular flexibility index (Phi) is 5.62. The molecule has 3 aromatic carbocycles. The van der Waals surface area contributed by atoms with E-state index in [0.29, 0.717) is 17.9 Å². The van der Waals surface area contributed by atoms with Gasteiger partial charge >= 0.3 is 0 Å². The van der Waals surface area contributed by atoms with Gasteiger partial charge in [-0.25, -0.2) is 13.1 Å². The van der Waals surface area contributed by atoms with E-state index in [-0.39, 0.29) is 0 Å². The summed E-state index contributed by atoms with van der Waals surface area (Å²) in [5, 5.41) is 1.66. The van der Waals surface area contributed by atoms with Gasteiger partial charge in [-0.3, -0.25) is 0 Å². The molecular weight excluding hydrogens is 372 g/mol. The summed E-state index contributed by atoms with van der Waals surface area (Å²) in [5.74, 6) is 0. The molecule has 1 fully saturated rings. The van der Waals surface area contributed by atoms with Crippen molar-refractivity contribution in [2.75, 3.05) is 37.7 Å². The Bertz CT molecular complexity index is 1040. The predicted octanol–water partition coefficient (Wildman–Crippen LogP) is 3.20. The second kappa shape index (κ2) is 8.31. The van der Waals surface area contributed by atoms with E-state index in [1.54, 1.807) is 12.1 Å². The molecule has 28 heavy (non-hydrogen) atoms. The van der Waals surface area contributed by atoms with Gasteiger partial charge in [0.2, 0.25) is 10.0 Å². The van der Waals surface area contributed by atoms with Crippen molar-refractivity contribution in [2.24, 2.45) is 0 Å². The van der Waals surface area contributed by atoms with E-state index in [2.05, 4.69) is 33.9 Å². The van der Waals surface area contributed by atoms with Gasteiger partial charge in [-0.1, -0.05) is 48.5 Å². The molecule has 0 unspecified atom stereocenters. The molecule has 146 valence electrons. The second-order valence-electron chi connectivity index (χ2n) is 6.89. The van der Waals surface area contributed by atoms with Crippen LogP contribution >= 0.6 is 0 Å². The Morgan fingerprint density at radius 2 is 1.61 bits per heavy atom. The van der Waals surface area contributed by atoms with Gasteiger partial charge in [-0.05, 0) is 35.6 Å². The van der Waals surface area contributed by atoms with Crippen molar-refractivity contribution in [3.8, 4) is 0 Å². The first-order chi connectivity index (χ1) is 13.6. The summed E-state index contributed by atoms with van der Waals surface area (Å²) >= 11 is 0. The Balaban J connectivity index is 1.40. The number of anilines is 1. The standard InChI is InChI=1S/C22H24N2O3S/c25-28(26,22-7-3-5-19-4-1-2-6-21(19)22)23-13-12-18-8-10-20(11-9-18)24-14-16-27-17-15-24/h1-11,23H,12-17H2. The number of hydrogen-bond donors (Lipinski definition) is 1. The molecule has 1 N–H and O–H groups in total. The minimum absolute atomic E-state index is 0.327. The number of sulfonamides is 1. The van der Waals surface area contributed by atoms with Crippen LogP contribution in [-0.2, 0) is 21.2 Å². The zero-order valence-corrected chi connectivity index (χ0v) is 16.5. The summed E-state index contributed by atoms with van der Waals surface area (Å²) < 4.78 is 33.7. The molecule has 3 aromatic rings. The first-order valence-corrected chi connectivity index (χ1v) is 11.0. The highest BCUT2D eigenvalue weighted by Crippen LogP contribution is 2.22. The predicted molar refractivity (Wildman–Crippen MR) is 112 cm³/mol. The van der Waals surface area contributed by atoms with Gasteiger partial charge in [-0.15, -0.1) is 0 Å². The third-order valence-corrected chi connectivity index (χ3v) is 6.58. The van der Waals surface area contributed by atoms with Crippen molar-refractivity contribution in [2.45, 2.75) is 11.3 Å². The lowest BCUT2D eigenvalue weighted by atomic mass is 10.1. The highest BCUT2D eigenvalue weighted by atomic mass is 32.2. The van der Waals surface area contributed by atoms with Crippen molar-refractivity contribution >= 4 is 26.5 Å². The maximum Gasteiger partial charge on any atom is 0.241 e. The minimum atomic E-state index is -3.55. The summed E-state index contributed by atoms with van der Waals surface area (Å²) in [4.78, 5) is 2.63. The van der Waals surface area contributed by atoms with Gasteiger partial charge in [0.1, 0.15) is 0 Å². The maximum atomic E-state index is 12.8. The molecule has 6 heteroatoms. The van der Waals surface area contributed by atoms with E-state index >= 15 is 0 Å². The lowest BCUT2D eigenvalue weighted by Gasteiger charge is -2.28. The minimum Gasteiger partial charge on any atom is -0.378 e. The molecular formula is C22H24N2O3S. The molecule has 0 radical (unpaired) electrons. The molecule has 0 bridgehead atoms. The van der Waals surface area contributed by atoms with Gasteiger partial charge in [0.05, 0.1) is 18.1 Å². The summed E-state index contributed by atoms with van der Waals surface area (Å²) in [7, 11) is -3.55. The molecule has 4 rings (SSSR count). The number of fused-ring (bicyclic) bond motifs is 1. The molecule has 1 saturated heterocycles. The molecule has 1 aliphatic heterocycles. The molecule has 0 aromatic heterocycles. The van der Waals surface area contributed by atoms with Crippen LogP contribution in [-0.4, -0.2) is 41.3 Å². The number of hydrogen-bond acceptors (Lipinski definition) is 4. The number of benzene rings is 3. The van der Waals surface area contributed by atoms with Crippen molar-refractivity contribution in [1.82, 2.24) is 4.72 Å². The molecule has 0 amide bonds. The number of ether oxygens (including phenoxy) is 1. The van der Waals surface area contributed by atoms with E-state index in [1.165, 1.54) is 5.69 Å². The van der Waals surface area contributed by atoms with E-state index in [1.807, 2.05) is 30.3 Å². The van der Waals surface area contributed by atoms with Crippen LogP contribution < -0.4 is 9.62 Å². The highest BCUT2D eigenvalue weighted by Gasteiger charge is 2.16. The van der Waals surface area contributed by atoms with E-state index < -0.39 is 10.0 Å². The van der Waals surface area contributed by atoms with Crippen LogP contribution in [0.4, 0.5) is 5.69 Å². The number of nitrogens with one attached hydrogen (secondary N) is 1. The summed E-state index contributed by atoms with van der Waals surface area (Å²) in [6, 6.07) is 21.2. The van der Waals surface area contributed by atoms with Crippen LogP contribution in [0.3, 0.4) is 0 Å². The van der Waals surface area contributed by atoms with Crippen molar-refractivity contribution in [3.63, 3.8) is 0 Å².